The summed E-state index contributed by atoms with van der Waals surface area (Å²) in [6, 6.07) is 18.3. The molecule has 0 spiro atoms. The van der Waals surface area contributed by atoms with Crippen LogP contribution in [0.3, 0.4) is 0 Å². The average Bonchev–Trinajstić information content (AvgIpc) is 2.70. The highest BCUT2D eigenvalue weighted by atomic mass is 32.2. The Kier molecular flexibility index (Phi) is 8.61. The molecule has 0 heterocycles. The molecule has 2 aromatic carbocycles. The molecule has 0 aromatic heterocycles. The first kappa shape index (κ1) is 22.8. The maximum Gasteiger partial charge on any atom is 0.238 e. The molecule has 1 unspecified atom stereocenters. The van der Waals surface area contributed by atoms with Crippen LogP contribution in [0, 0.1) is 5.92 Å². The highest BCUT2D eigenvalue weighted by molar-refractivity contribution is 7.92. The summed E-state index contributed by atoms with van der Waals surface area (Å²) in [5, 5.41) is 4.04. The van der Waals surface area contributed by atoms with Crippen LogP contribution in [0.25, 0.3) is 6.08 Å². The molecule has 0 fully saturated rings. The number of benzene rings is 2. The summed E-state index contributed by atoms with van der Waals surface area (Å²) in [7, 11) is -3.75. The lowest BCUT2D eigenvalue weighted by Crippen LogP contribution is -2.51. The fourth-order valence-electron chi connectivity index (χ4n) is 2.87. The summed E-state index contributed by atoms with van der Waals surface area (Å²) in [5.41, 5.74) is 1.98. The molecule has 0 saturated heterocycles. The topological polar surface area (TPSA) is 75.3 Å². The number of hydrogen-bond acceptors (Lipinski definition) is 3. The zero-order valence-electron chi connectivity index (χ0n) is 17.2. The van der Waals surface area contributed by atoms with E-state index in [9.17, 15) is 13.2 Å². The first-order chi connectivity index (χ1) is 13.8. The van der Waals surface area contributed by atoms with Gasteiger partial charge in [-0.15, -0.1) is 0 Å². The lowest BCUT2D eigenvalue weighted by Gasteiger charge is -2.23. The molecule has 29 heavy (non-hydrogen) atoms. The van der Waals surface area contributed by atoms with Gasteiger partial charge in [0.05, 0.1) is 0 Å². The Morgan fingerprint density at radius 1 is 0.966 bits per heavy atom. The number of sulfonamides is 1. The van der Waals surface area contributed by atoms with Gasteiger partial charge in [0, 0.05) is 11.4 Å². The van der Waals surface area contributed by atoms with Crippen LogP contribution in [-0.4, -0.2) is 26.4 Å². The second kappa shape index (κ2) is 10.9. The van der Waals surface area contributed by atoms with E-state index in [1.54, 1.807) is 0 Å². The zero-order valence-corrected chi connectivity index (χ0v) is 18.0. The molecule has 0 aliphatic carbocycles. The van der Waals surface area contributed by atoms with Gasteiger partial charge in [0.1, 0.15) is 6.04 Å². The fraction of sp³-hybridized carbons (Fsp3) is 0.348. The van der Waals surface area contributed by atoms with Crippen molar-refractivity contribution in [1.29, 1.82) is 0 Å². The van der Waals surface area contributed by atoms with E-state index in [1.807, 2.05) is 69.3 Å². The van der Waals surface area contributed by atoms with E-state index in [2.05, 4.69) is 22.2 Å². The van der Waals surface area contributed by atoms with Gasteiger partial charge in [0.2, 0.25) is 15.9 Å². The molecular weight excluding hydrogens is 384 g/mol. The van der Waals surface area contributed by atoms with Crippen molar-refractivity contribution >= 4 is 22.0 Å². The molecule has 156 valence electrons. The normalized spacial score (nSPS) is 14.1. The Bertz CT molecular complexity index is 894. The first-order valence-electron chi connectivity index (χ1n) is 9.86. The number of aryl methyl sites for hydroxylation is 1. The van der Waals surface area contributed by atoms with Gasteiger partial charge in [-0.2, -0.15) is 4.72 Å². The van der Waals surface area contributed by atoms with Crippen molar-refractivity contribution in [2.75, 3.05) is 0 Å². The molecule has 0 aliphatic rings. The number of carbonyl (C=O) groups excluding carboxylic acids is 1. The molecule has 2 rings (SSSR count). The zero-order chi connectivity index (χ0) is 21.3. The van der Waals surface area contributed by atoms with Crippen molar-refractivity contribution < 1.29 is 13.2 Å². The van der Waals surface area contributed by atoms with E-state index in [0.29, 0.717) is 0 Å². The molecule has 5 nitrogen and oxygen atoms in total. The highest BCUT2D eigenvalue weighted by Crippen LogP contribution is 2.09. The maximum atomic E-state index is 12.7. The molecule has 0 saturated carbocycles. The van der Waals surface area contributed by atoms with Crippen molar-refractivity contribution in [3.05, 3.63) is 77.2 Å². The van der Waals surface area contributed by atoms with Gasteiger partial charge in [-0.1, -0.05) is 74.5 Å². The lowest BCUT2D eigenvalue weighted by molar-refractivity contribution is -0.124. The number of nitrogens with one attached hydrogen (secondary N) is 2. The summed E-state index contributed by atoms with van der Waals surface area (Å²) in [6.07, 6.45) is 3.14. The van der Waals surface area contributed by atoms with E-state index in [0.717, 1.165) is 23.8 Å². The van der Waals surface area contributed by atoms with Crippen molar-refractivity contribution in [2.24, 2.45) is 5.92 Å². The quantitative estimate of drug-likeness (QED) is 0.622. The molecule has 0 radical (unpaired) electrons. The van der Waals surface area contributed by atoms with Crippen LogP contribution in [0.15, 0.2) is 66.1 Å². The van der Waals surface area contributed by atoms with Gasteiger partial charge in [-0.25, -0.2) is 8.42 Å². The van der Waals surface area contributed by atoms with Crippen LogP contribution in [-0.2, 0) is 21.2 Å². The SMILES string of the molecule is CC(CCc1ccccc1)NC(=O)[C@H](NS(=O)(=O)/C=C/c1ccccc1)C(C)C. The first-order valence-corrected chi connectivity index (χ1v) is 11.4. The summed E-state index contributed by atoms with van der Waals surface area (Å²) >= 11 is 0. The highest BCUT2D eigenvalue weighted by Gasteiger charge is 2.27. The number of carbonyl (C=O) groups is 1. The monoisotopic (exact) mass is 414 g/mol. The standard InChI is InChI=1S/C23H30N2O3S/c1-18(2)22(25-29(27,28)17-16-21-12-8-5-9-13-21)23(26)24-19(3)14-15-20-10-6-4-7-11-20/h4-13,16-19,22,25H,14-15H2,1-3H3,(H,24,26)/b17-16+/t19?,22-/m1/s1. The third-order valence-corrected chi connectivity index (χ3v) is 5.65. The number of rotatable bonds is 10. The molecule has 6 heteroatoms. The van der Waals surface area contributed by atoms with E-state index < -0.39 is 16.1 Å². The van der Waals surface area contributed by atoms with Crippen LogP contribution in [0.2, 0.25) is 0 Å². The van der Waals surface area contributed by atoms with Crippen LogP contribution in [0.5, 0.6) is 0 Å². The van der Waals surface area contributed by atoms with E-state index in [1.165, 1.54) is 11.6 Å². The van der Waals surface area contributed by atoms with Gasteiger partial charge < -0.3 is 5.32 Å². The Balaban J connectivity index is 1.95. The summed E-state index contributed by atoms with van der Waals surface area (Å²) in [6.45, 7) is 5.58. The molecule has 2 atom stereocenters. The smallest absolute Gasteiger partial charge is 0.238 e. The third kappa shape index (κ3) is 8.21. The Morgan fingerprint density at radius 3 is 2.14 bits per heavy atom. The van der Waals surface area contributed by atoms with Crippen molar-refractivity contribution in [3.63, 3.8) is 0 Å². The van der Waals surface area contributed by atoms with E-state index in [-0.39, 0.29) is 17.9 Å². The van der Waals surface area contributed by atoms with Gasteiger partial charge >= 0.3 is 0 Å². The van der Waals surface area contributed by atoms with Crippen molar-refractivity contribution in [2.45, 2.75) is 45.7 Å². The molecule has 2 N–H and O–H groups in total. The van der Waals surface area contributed by atoms with Gasteiger partial charge in [-0.3, -0.25) is 4.79 Å². The minimum atomic E-state index is -3.75. The summed E-state index contributed by atoms with van der Waals surface area (Å²) in [5.74, 6) is -0.492. The van der Waals surface area contributed by atoms with Crippen molar-refractivity contribution in [1.82, 2.24) is 10.0 Å². The summed E-state index contributed by atoms with van der Waals surface area (Å²) in [4.78, 5) is 12.7. The second-order valence-corrected chi connectivity index (χ2v) is 9.13. The van der Waals surface area contributed by atoms with E-state index in [4.69, 9.17) is 0 Å². The molecule has 1 amide bonds. The van der Waals surface area contributed by atoms with Crippen LogP contribution in [0.1, 0.15) is 38.3 Å². The third-order valence-electron chi connectivity index (χ3n) is 4.58. The minimum Gasteiger partial charge on any atom is -0.352 e. The van der Waals surface area contributed by atoms with Crippen LogP contribution < -0.4 is 10.0 Å². The molecular formula is C23H30N2O3S. The van der Waals surface area contributed by atoms with Gasteiger partial charge in [-0.05, 0) is 42.9 Å². The van der Waals surface area contributed by atoms with Crippen LogP contribution >= 0.6 is 0 Å². The van der Waals surface area contributed by atoms with Gasteiger partial charge in [0.15, 0.2) is 0 Å². The fourth-order valence-corrected chi connectivity index (χ4v) is 4.02. The largest absolute Gasteiger partial charge is 0.352 e. The maximum absolute atomic E-state index is 12.7. The minimum absolute atomic E-state index is 0.0617. The van der Waals surface area contributed by atoms with E-state index >= 15 is 0 Å². The predicted octanol–water partition coefficient (Wildman–Crippen LogP) is 3.74. The lowest BCUT2D eigenvalue weighted by atomic mass is 10.0. The molecule has 0 aliphatic heterocycles. The van der Waals surface area contributed by atoms with Gasteiger partial charge in [0.25, 0.3) is 0 Å². The summed E-state index contributed by atoms with van der Waals surface area (Å²) < 4.78 is 27.4. The Hall–Kier alpha value is -2.44. The average molecular weight is 415 g/mol. The molecule has 2 aromatic rings. The Labute approximate surface area is 174 Å². The Morgan fingerprint density at radius 2 is 1.55 bits per heavy atom. The number of hydrogen-bond donors (Lipinski definition) is 2. The predicted molar refractivity (Wildman–Crippen MR) is 119 cm³/mol. The molecule has 0 bridgehead atoms. The van der Waals surface area contributed by atoms with Crippen LogP contribution in [0.4, 0.5) is 0 Å². The second-order valence-electron chi connectivity index (χ2n) is 7.53. The van der Waals surface area contributed by atoms with Crippen molar-refractivity contribution in [3.8, 4) is 0 Å². The number of amides is 1.